The van der Waals surface area contributed by atoms with Crippen LogP contribution in [0.1, 0.15) is 12.5 Å². The quantitative estimate of drug-likeness (QED) is 0.901. The highest BCUT2D eigenvalue weighted by atomic mass is 32.2. The number of benzene rings is 2. The van der Waals surface area contributed by atoms with Crippen molar-refractivity contribution in [2.24, 2.45) is 5.73 Å². The van der Waals surface area contributed by atoms with Gasteiger partial charge in [0.1, 0.15) is 5.75 Å². The largest absolute Gasteiger partial charge is 0.496 e. The molecule has 2 N–H and O–H groups in total. The van der Waals surface area contributed by atoms with Gasteiger partial charge in [0, 0.05) is 10.9 Å². The monoisotopic (exact) mass is 273 g/mol. The second-order valence-corrected chi connectivity index (χ2v) is 5.69. The highest BCUT2D eigenvalue weighted by Crippen LogP contribution is 2.34. The van der Waals surface area contributed by atoms with Gasteiger partial charge < -0.3 is 10.5 Å². The van der Waals surface area contributed by atoms with E-state index >= 15 is 0 Å². The highest BCUT2D eigenvalue weighted by molar-refractivity contribution is 7.99. The maximum Gasteiger partial charge on any atom is 0.132 e. The van der Waals surface area contributed by atoms with Gasteiger partial charge in [0.15, 0.2) is 0 Å². The summed E-state index contributed by atoms with van der Waals surface area (Å²) in [6.07, 6.45) is 0.916. The zero-order chi connectivity index (χ0) is 13.7. The van der Waals surface area contributed by atoms with Crippen LogP contribution in [0.2, 0.25) is 0 Å². The average Bonchev–Trinajstić information content (AvgIpc) is 2.41. The van der Waals surface area contributed by atoms with Crippen LogP contribution in [-0.4, -0.2) is 13.2 Å². The fourth-order valence-electron chi connectivity index (χ4n) is 1.90. The second kappa shape index (κ2) is 6.64. The zero-order valence-electron chi connectivity index (χ0n) is 11.3. The van der Waals surface area contributed by atoms with Crippen LogP contribution in [-0.2, 0) is 6.42 Å². The summed E-state index contributed by atoms with van der Waals surface area (Å²) >= 11 is 1.71. The minimum absolute atomic E-state index is 0.202. The van der Waals surface area contributed by atoms with Gasteiger partial charge in [-0.3, -0.25) is 0 Å². The molecule has 2 nitrogen and oxygen atoms in total. The first-order valence-electron chi connectivity index (χ1n) is 6.34. The number of rotatable bonds is 5. The van der Waals surface area contributed by atoms with Crippen molar-refractivity contribution in [2.45, 2.75) is 29.2 Å². The van der Waals surface area contributed by atoms with Gasteiger partial charge in [0.2, 0.25) is 0 Å². The number of para-hydroxylation sites is 1. The third-order valence-corrected chi connectivity index (χ3v) is 3.84. The molecular weight excluding hydrogens is 254 g/mol. The first-order valence-corrected chi connectivity index (χ1v) is 7.16. The fourth-order valence-corrected chi connectivity index (χ4v) is 2.82. The number of hydrogen-bond donors (Lipinski definition) is 1. The van der Waals surface area contributed by atoms with Gasteiger partial charge >= 0.3 is 0 Å². The van der Waals surface area contributed by atoms with E-state index in [4.69, 9.17) is 10.5 Å². The van der Waals surface area contributed by atoms with Gasteiger partial charge in [0.05, 0.1) is 12.0 Å². The summed E-state index contributed by atoms with van der Waals surface area (Å²) in [5.41, 5.74) is 7.08. The molecular formula is C16H19NOS. The van der Waals surface area contributed by atoms with Crippen LogP contribution in [0.3, 0.4) is 0 Å². The summed E-state index contributed by atoms with van der Waals surface area (Å²) < 4.78 is 5.36. The van der Waals surface area contributed by atoms with Crippen LogP contribution in [0.25, 0.3) is 0 Å². The molecule has 0 aliphatic rings. The molecule has 0 saturated heterocycles. The summed E-state index contributed by atoms with van der Waals surface area (Å²) in [4.78, 5) is 2.34. The fraction of sp³-hybridized carbons (Fsp3) is 0.250. The van der Waals surface area contributed by atoms with Crippen molar-refractivity contribution >= 4 is 11.8 Å². The van der Waals surface area contributed by atoms with Crippen LogP contribution in [0, 0.1) is 0 Å². The van der Waals surface area contributed by atoms with Crippen molar-refractivity contribution in [2.75, 3.05) is 7.11 Å². The van der Waals surface area contributed by atoms with Crippen molar-refractivity contribution in [3.63, 3.8) is 0 Å². The minimum atomic E-state index is 0.202. The van der Waals surface area contributed by atoms with E-state index in [0.717, 1.165) is 17.1 Å². The lowest BCUT2D eigenvalue weighted by molar-refractivity contribution is 0.405. The molecule has 0 spiro atoms. The molecule has 2 aromatic rings. The average molecular weight is 273 g/mol. The van der Waals surface area contributed by atoms with Crippen molar-refractivity contribution in [1.29, 1.82) is 0 Å². The van der Waals surface area contributed by atoms with Gasteiger partial charge in [-0.25, -0.2) is 0 Å². The Morgan fingerprint density at radius 1 is 1.11 bits per heavy atom. The third-order valence-electron chi connectivity index (χ3n) is 2.78. The van der Waals surface area contributed by atoms with Crippen LogP contribution >= 0.6 is 11.8 Å². The van der Waals surface area contributed by atoms with Gasteiger partial charge in [-0.15, -0.1) is 0 Å². The molecule has 2 rings (SSSR count). The Kier molecular flexibility index (Phi) is 4.88. The van der Waals surface area contributed by atoms with Gasteiger partial charge in [0.25, 0.3) is 0 Å². The third kappa shape index (κ3) is 4.01. The maximum absolute atomic E-state index is 5.80. The van der Waals surface area contributed by atoms with E-state index in [1.54, 1.807) is 18.9 Å². The molecule has 0 fully saturated rings. The van der Waals surface area contributed by atoms with Crippen LogP contribution in [0.5, 0.6) is 5.75 Å². The Balaban J connectivity index is 2.11. The lowest BCUT2D eigenvalue weighted by atomic mass is 10.1. The predicted octanol–water partition coefficient (Wildman–Crippen LogP) is 3.74. The molecule has 2 aromatic carbocycles. The van der Waals surface area contributed by atoms with Crippen LogP contribution in [0.15, 0.2) is 58.3 Å². The summed E-state index contributed by atoms with van der Waals surface area (Å²) in [6.45, 7) is 2.03. The zero-order valence-corrected chi connectivity index (χ0v) is 12.1. The lowest BCUT2D eigenvalue weighted by Gasteiger charge is -2.09. The SMILES string of the molecule is COc1ccccc1Sc1ccc(CC(C)N)cc1. The molecule has 0 aliphatic carbocycles. The first kappa shape index (κ1) is 14.0. The van der Waals surface area contributed by atoms with E-state index < -0.39 is 0 Å². The molecule has 3 heteroatoms. The molecule has 0 saturated carbocycles. The number of methoxy groups -OCH3 is 1. The summed E-state index contributed by atoms with van der Waals surface area (Å²) in [6, 6.07) is 16.8. The van der Waals surface area contributed by atoms with Crippen molar-refractivity contribution in [3.8, 4) is 5.75 Å². The van der Waals surface area contributed by atoms with E-state index in [1.165, 1.54) is 10.5 Å². The molecule has 0 radical (unpaired) electrons. The molecule has 1 atom stereocenters. The van der Waals surface area contributed by atoms with Gasteiger partial charge in [-0.1, -0.05) is 36.0 Å². The highest BCUT2D eigenvalue weighted by Gasteiger charge is 2.04. The molecule has 0 amide bonds. The molecule has 0 bridgehead atoms. The molecule has 1 unspecified atom stereocenters. The topological polar surface area (TPSA) is 35.2 Å². The van der Waals surface area contributed by atoms with Gasteiger partial charge in [-0.2, -0.15) is 0 Å². The van der Waals surface area contributed by atoms with Crippen molar-refractivity contribution in [1.82, 2.24) is 0 Å². The molecule has 0 aromatic heterocycles. The second-order valence-electron chi connectivity index (χ2n) is 4.58. The standard InChI is InChI=1S/C16H19NOS/c1-12(17)11-13-7-9-14(10-8-13)19-16-6-4-3-5-15(16)18-2/h3-10,12H,11,17H2,1-2H3. The first-order chi connectivity index (χ1) is 9.19. The lowest BCUT2D eigenvalue weighted by Crippen LogP contribution is -2.17. The van der Waals surface area contributed by atoms with Crippen LogP contribution in [0.4, 0.5) is 0 Å². The summed E-state index contributed by atoms with van der Waals surface area (Å²) in [5.74, 6) is 0.909. The predicted molar refractivity (Wildman–Crippen MR) is 80.9 cm³/mol. The molecule has 0 aliphatic heterocycles. The number of hydrogen-bond acceptors (Lipinski definition) is 3. The Morgan fingerprint density at radius 2 is 1.79 bits per heavy atom. The smallest absolute Gasteiger partial charge is 0.132 e. The number of nitrogens with two attached hydrogens (primary N) is 1. The van der Waals surface area contributed by atoms with E-state index in [9.17, 15) is 0 Å². The van der Waals surface area contributed by atoms with E-state index in [1.807, 2.05) is 25.1 Å². The Morgan fingerprint density at radius 3 is 2.42 bits per heavy atom. The van der Waals surface area contributed by atoms with Gasteiger partial charge in [-0.05, 0) is 43.2 Å². The Bertz CT molecular complexity index is 523. The minimum Gasteiger partial charge on any atom is -0.496 e. The van der Waals surface area contributed by atoms with E-state index in [-0.39, 0.29) is 6.04 Å². The molecule has 19 heavy (non-hydrogen) atoms. The Hall–Kier alpha value is -1.45. The summed E-state index contributed by atoms with van der Waals surface area (Å²) in [7, 11) is 1.70. The van der Waals surface area contributed by atoms with Crippen LogP contribution < -0.4 is 10.5 Å². The van der Waals surface area contributed by atoms with E-state index in [0.29, 0.717) is 0 Å². The van der Waals surface area contributed by atoms with Crippen molar-refractivity contribution < 1.29 is 4.74 Å². The van der Waals surface area contributed by atoms with E-state index in [2.05, 4.69) is 30.3 Å². The number of ether oxygens (including phenoxy) is 1. The van der Waals surface area contributed by atoms with Crippen molar-refractivity contribution in [3.05, 3.63) is 54.1 Å². The normalized spacial score (nSPS) is 12.2. The Labute approximate surface area is 119 Å². The molecule has 100 valence electrons. The summed E-state index contributed by atoms with van der Waals surface area (Å²) in [5, 5.41) is 0. The molecule has 0 heterocycles. The maximum atomic E-state index is 5.80.